The Morgan fingerprint density at radius 3 is 2.38 bits per heavy atom. The molecule has 3 N–H and O–H groups in total. The molecule has 7 nitrogen and oxygen atoms in total. The first kappa shape index (κ1) is 36.3. The predicted octanol–water partition coefficient (Wildman–Crippen LogP) is 8.55. The maximum absolute atomic E-state index is 14.9. The van der Waals surface area contributed by atoms with Gasteiger partial charge in [0.1, 0.15) is 5.75 Å². The summed E-state index contributed by atoms with van der Waals surface area (Å²) in [6.45, 7) is 7.37. The number of rotatable bonds is 10. The van der Waals surface area contributed by atoms with Crippen LogP contribution in [0.15, 0.2) is 95.9 Å². The quantitative estimate of drug-likeness (QED) is 0.143. The summed E-state index contributed by atoms with van der Waals surface area (Å²) in [4.78, 5) is 32.2. The first-order valence-corrected chi connectivity index (χ1v) is 20.4. The number of urea groups is 1. The number of ether oxygens (including phenoxy) is 1. The van der Waals surface area contributed by atoms with E-state index in [0.717, 1.165) is 43.2 Å². The number of amides is 2. The van der Waals surface area contributed by atoms with E-state index in [4.69, 9.17) is 4.74 Å². The van der Waals surface area contributed by atoms with Crippen molar-refractivity contribution in [3.63, 3.8) is 0 Å². The van der Waals surface area contributed by atoms with Crippen LogP contribution in [0, 0.1) is 33.5 Å². The lowest BCUT2D eigenvalue weighted by molar-refractivity contribution is -0.174. The van der Waals surface area contributed by atoms with Crippen LogP contribution in [0.1, 0.15) is 92.6 Å². The zero-order valence-electron chi connectivity index (χ0n) is 31.5. The van der Waals surface area contributed by atoms with Crippen LogP contribution < -0.4 is 10.1 Å². The molecular formula is C45H54N2O5S. The number of carbonyl (C=O) groups excluding carboxylic acids is 2. The van der Waals surface area contributed by atoms with E-state index in [1.165, 1.54) is 4.88 Å². The van der Waals surface area contributed by atoms with Crippen LogP contribution in [0.3, 0.4) is 0 Å². The van der Waals surface area contributed by atoms with Crippen molar-refractivity contribution in [2.75, 3.05) is 20.2 Å². The Morgan fingerprint density at radius 2 is 1.66 bits per heavy atom. The summed E-state index contributed by atoms with van der Waals surface area (Å²) in [5.41, 5.74) is -0.310. The third-order valence-corrected chi connectivity index (χ3v) is 15.8. The van der Waals surface area contributed by atoms with E-state index in [2.05, 4.69) is 48.8 Å². The number of aliphatic hydroxyl groups excluding tert-OH is 1. The molecule has 6 aliphatic carbocycles. The van der Waals surface area contributed by atoms with Crippen LogP contribution in [0.5, 0.6) is 5.75 Å². The number of carbonyl (C=O) groups is 2. The molecule has 9 rings (SSSR count). The van der Waals surface area contributed by atoms with Gasteiger partial charge in [-0.3, -0.25) is 4.79 Å². The van der Waals surface area contributed by atoms with E-state index in [0.29, 0.717) is 37.1 Å². The maximum Gasteiger partial charge on any atom is 0.317 e. The Balaban J connectivity index is 1.16. The van der Waals surface area contributed by atoms with Gasteiger partial charge in [-0.1, -0.05) is 68.5 Å². The van der Waals surface area contributed by atoms with E-state index in [9.17, 15) is 19.8 Å². The molecule has 0 radical (unpaired) electrons. The third-order valence-electron chi connectivity index (χ3n) is 14.9. The summed E-state index contributed by atoms with van der Waals surface area (Å²) in [6, 6.07) is 21.2. The number of allylic oxidation sites excluding steroid dienone is 4. The van der Waals surface area contributed by atoms with Gasteiger partial charge >= 0.3 is 6.03 Å². The number of Topliss-reactive ketones (excluding diaryl/α,β-unsaturated/α-hetero) is 1. The van der Waals surface area contributed by atoms with Crippen LogP contribution in [0.2, 0.25) is 0 Å². The molecule has 1 aromatic heterocycles. The molecular weight excluding hydrogens is 681 g/mol. The number of nitrogens with zero attached hydrogens (tertiary/aromatic N) is 1. The highest BCUT2D eigenvalue weighted by atomic mass is 32.1. The highest BCUT2D eigenvalue weighted by molar-refractivity contribution is 7.09. The van der Waals surface area contributed by atoms with Crippen molar-refractivity contribution in [3.05, 3.63) is 112 Å². The van der Waals surface area contributed by atoms with Crippen LogP contribution in [0.25, 0.3) is 0 Å². The highest BCUT2D eigenvalue weighted by Crippen LogP contribution is 2.78. The lowest BCUT2D eigenvalue weighted by Gasteiger charge is -2.71. The standard InChI is InChI=1S/C45H54N2O5S/c1-30(31-9-6-5-7-10-31)46-40(50)47(25-19-35-11-8-26-53-35)29-44(51)22-18-38-42(44,3)21-17-37-41(2)20-16-33(48)27-43(41)23-24-45(37,38)36(28-43)39(49)32-12-14-34(52-4)15-13-32/h5-15,23-24,26,28,30,33,37-38,48,51H,16-22,25,27,29H2,1-4H3,(H,46,50). The second kappa shape index (κ2) is 13.2. The largest absolute Gasteiger partial charge is 0.497 e. The van der Waals surface area contributed by atoms with Crippen molar-refractivity contribution in [1.29, 1.82) is 0 Å². The summed E-state index contributed by atoms with van der Waals surface area (Å²) >= 11 is 1.69. The maximum atomic E-state index is 14.9. The minimum Gasteiger partial charge on any atom is -0.497 e. The van der Waals surface area contributed by atoms with E-state index >= 15 is 0 Å². The Morgan fingerprint density at radius 1 is 0.943 bits per heavy atom. The Kier molecular flexibility index (Phi) is 9.06. The second-order valence-corrected chi connectivity index (χ2v) is 18.2. The van der Waals surface area contributed by atoms with Gasteiger partial charge in [-0.25, -0.2) is 4.79 Å². The second-order valence-electron chi connectivity index (χ2n) is 17.2. The van der Waals surface area contributed by atoms with Crippen LogP contribution in [-0.4, -0.2) is 58.8 Å². The van der Waals surface area contributed by atoms with Crippen molar-refractivity contribution in [2.45, 2.75) is 89.9 Å². The van der Waals surface area contributed by atoms with Gasteiger partial charge in [-0.2, -0.15) is 0 Å². The number of thiophene rings is 1. The first-order valence-electron chi connectivity index (χ1n) is 19.5. The number of fused-ring (bicyclic) bond motifs is 1. The Bertz CT molecular complexity index is 1910. The number of hydrogen-bond donors (Lipinski definition) is 3. The lowest BCUT2D eigenvalue weighted by atomic mass is 9.32. The fourth-order valence-corrected chi connectivity index (χ4v) is 12.6. The number of benzene rings is 2. The van der Waals surface area contributed by atoms with Gasteiger partial charge in [-0.05, 0) is 117 Å². The Hall–Kier alpha value is -3.72. The molecule has 2 aromatic carbocycles. The van der Waals surface area contributed by atoms with Crippen molar-refractivity contribution in [3.8, 4) is 5.75 Å². The third kappa shape index (κ3) is 5.57. The summed E-state index contributed by atoms with van der Waals surface area (Å²) in [7, 11) is 1.63. The number of ketones is 1. The van der Waals surface area contributed by atoms with Crippen LogP contribution in [-0.2, 0) is 6.42 Å². The zero-order chi connectivity index (χ0) is 37.2. The van der Waals surface area contributed by atoms with Gasteiger partial charge < -0.3 is 25.2 Å². The molecule has 53 heavy (non-hydrogen) atoms. The molecule has 280 valence electrons. The van der Waals surface area contributed by atoms with Crippen LogP contribution in [0.4, 0.5) is 4.79 Å². The molecule has 2 spiro atoms. The zero-order valence-corrected chi connectivity index (χ0v) is 32.3. The minimum absolute atomic E-state index is 0.00382. The summed E-state index contributed by atoms with van der Waals surface area (Å²) in [5, 5.41) is 29.5. The monoisotopic (exact) mass is 734 g/mol. The highest BCUT2D eigenvalue weighted by Gasteiger charge is 2.74. The number of methoxy groups -OCH3 is 1. The molecule has 0 saturated heterocycles. The molecule has 6 aliphatic rings. The molecule has 1 heterocycles. The van der Waals surface area contributed by atoms with Gasteiger partial charge in [-0.15, -0.1) is 11.3 Å². The normalized spacial score (nSPS) is 35.7. The van der Waals surface area contributed by atoms with Crippen molar-refractivity contribution >= 4 is 23.2 Å². The van der Waals surface area contributed by atoms with Crippen molar-refractivity contribution in [1.82, 2.24) is 10.2 Å². The SMILES string of the molecule is COc1ccc(C(=O)C2=CC34C=CC25C(CCC2(C)C5CCC2(O)CN(CCc2cccs2)C(=O)NC(C)c2ccccc2)C3(C)CCC(O)C4)cc1. The minimum atomic E-state index is -1.15. The van der Waals surface area contributed by atoms with Crippen molar-refractivity contribution < 1.29 is 24.5 Å². The van der Waals surface area contributed by atoms with Gasteiger partial charge in [0, 0.05) is 38.8 Å². The van der Waals surface area contributed by atoms with Gasteiger partial charge in [0.05, 0.1) is 31.4 Å². The van der Waals surface area contributed by atoms with E-state index in [1.807, 2.05) is 72.5 Å². The molecule has 2 bridgehead atoms. The van der Waals surface area contributed by atoms with Crippen molar-refractivity contribution in [2.24, 2.45) is 33.5 Å². The Labute approximate surface area is 318 Å². The first-order chi connectivity index (χ1) is 25.4. The van der Waals surface area contributed by atoms with Gasteiger partial charge in [0.25, 0.3) is 0 Å². The molecule has 8 heteroatoms. The number of aliphatic hydroxyl groups is 2. The molecule has 3 saturated carbocycles. The smallest absolute Gasteiger partial charge is 0.317 e. The van der Waals surface area contributed by atoms with E-state index in [1.54, 1.807) is 18.4 Å². The molecule has 9 unspecified atom stereocenters. The van der Waals surface area contributed by atoms with E-state index in [-0.39, 0.29) is 41.7 Å². The average molecular weight is 735 g/mol. The number of nitrogens with one attached hydrogen (secondary N) is 1. The summed E-state index contributed by atoms with van der Waals surface area (Å²) in [6.07, 6.45) is 12.5. The average Bonchev–Trinajstić information content (AvgIpc) is 3.78. The summed E-state index contributed by atoms with van der Waals surface area (Å²) < 4.78 is 5.42. The predicted molar refractivity (Wildman–Crippen MR) is 209 cm³/mol. The fraction of sp³-hybridized carbons (Fsp3) is 0.511. The van der Waals surface area contributed by atoms with Crippen LogP contribution >= 0.6 is 11.3 Å². The van der Waals surface area contributed by atoms with E-state index < -0.39 is 27.9 Å². The molecule has 2 amide bonds. The summed E-state index contributed by atoms with van der Waals surface area (Å²) in [5.74, 6) is 0.918. The molecule has 9 atom stereocenters. The van der Waals surface area contributed by atoms with Gasteiger partial charge in [0.15, 0.2) is 5.78 Å². The molecule has 0 aliphatic heterocycles. The number of hydrogen-bond acceptors (Lipinski definition) is 6. The molecule has 3 fully saturated rings. The molecule has 3 aromatic rings. The van der Waals surface area contributed by atoms with Gasteiger partial charge in [0.2, 0.25) is 0 Å². The topological polar surface area (TPSA) is 99.1 Å². The fourth-order valence-electron chi connectivity index (χ4n) is 11.9. The lowest BCUT2D eigenvalue weighted by Crippen LogP contribution is -2.67.